The molecule has 0 bridgehead atoms. The Bertz CT molecular complexity index is 1070. The third-order valence-electron chi connectivity index (χ3n) is 4.42. The Labute approximate surface area is 182 Å². The summed E-state index contributed by atoms with van der Waals surface area (Å²) in [6.07, 6.45) is 1.06. The van der Waals surface area contributed by atoms with Gasteiger partial charge >= 0.3 is 5.97 Å². The molecule has 2 aromatic carbocycles. The van der Waals surface area contributed by atoms with E-state index in [0.717, 1.165) is 21.7 Å². The van der Waals surface area contributed by atoms with E-state index in [9.17, 15) is 18.0 Å². The fourth-order valence-corrected chi connectivity index (χ4v) is 4.37. The molecule has 0 aliphatic heterocycles. The number of nitrogens with one attached hydrogen (secondary N) is 1. The molecule has 1 amide bonds. The zero-order valence-corrected chi connectivity index (χ0v) is 19.1. The van der Waals surface area contributed by atoms with Crippen LogP contribution in [0.1, 0.15) is 35.3 Å². The maximum Gasteiger partial charge on any atom is 0.339 e. The second-order valence-electron chi connectivity index (χ2n) is 6.93. The van der Waals surface area contributed by atoms with Crippen LogP contribution >= 0.6 is 11.6 Å². The Kier molecular flexibility index (Phi) is 7.49. The minimum Gasteiger partial charge on any atom is -0.462 e. The summed E-state index contributed by atoms with van der Waals surface area (Å²) in [6, 6.07) is 8.75. The largest absolute Gasteiger partial charge is 0.462 e. The molecular weight excluding hydrogens is 428 g/mol. The molecule has 162 valence electrons. The van der Waals surface area contributed by atoms with Crippen LogP contribution in [0.5, 0.6) is 0 Å². The van der Waals surface area contributed by atoms with Gasteiger partial charge in [-0.15, -0.1) is 0 Å². The number of esters is 1. The average molecular weight is 453 g/mol. The number of rotatable bonds is 7. The summed E-state index contributed by atoms with van der Waals surface area (Å²) in [5, 5.41) is 2.84. The van der Waals surface area contributed by atoms with E-state index in [1.165, 1.54) is 25.1 Å². The van der Waals surface area contributed by atoms with Gasteiger partial charge in [0.1, 0.15) is 6.04 Å². The van der Waals surface area contributed by atoms with Gasteiger partial charge in [-0.1, -0.05) is 23.7 Å². The molecule has 2 aromatic rings. The average Bonchev–Trinajstić information content (AvgIpc) is 2.65. The summed E-state index contributed by atoms with van der Waals surface area (Å²) in [6.45, 7) is 6.98. The highest BCUT2D eigenvalue weighted by Crippen LogP contribution is 2.27. The molecule has 1 unspecified atom stereocenters. The van der Waals surface area contributed by atoms with Crippen LogP contribution < -0.4 is 9.62 Å². The minimum absolute atomic E-state index is 0.110. The first-order chi connectivity index (χ1) is 14.0. The topological polar surface area (TPSA) is 92.8 Å². The van der Waals surface area contributed by atoms with Crippen molar-refractivity contribution in [2.45, 2.75) is 33.7 Å². The summed E-state index contributed by atoms with van der Waals surface area (Å²) in [5.74, 6) is -1.17. The molecule has 0 radical (unpaired) electrons. The Balaban J connectivity index is 2.36. The quantitative estimate of drug-likeness (QED) is 0.642. The summed E-state index contributed by atoms with van der Waals surface area (Å²) in [7, 11) is -3.75. The van der Waals surface area contributed by atoms with Crippen LogP contribution in [0.25, 0.3) is 0 Å². The third-order valence-corrected chi connectivity index (χ3v) is 5.98. The lowest BCUT2D eigenvalue weighted by Crippen LogP contribution is -2.45. The summed E-state index contributed by atoms with van der Waals surface area (Å²) < 4.78 is 31.1. The fourth-order valence-electron chi connectivity index (χ4n) is 2.95. The number of nitrogens with zero attached hydrogens (tertiary/aromatic N) is 1. The zero-order chi connectivity index (χ0) is 22.6. The SMILES string of the molecule is CCOC(=O)c1cc(NC(=O)C(C)N(c2cc(C)ccc2C)S(C)(=O)=O)ccc1Cl. The number of hydrogen-bond acceptors (Lipinski definition) is 5. The van der Waals surface area contributed by atoms with Gasteiger partial charge in [-0.25, -0.2) is 13.2 Å². The van der Waals surface area contributed by atoms with Crippen molar-refractivity contribution in [3.05, 3.63) is 58.1 Å². The lowest BCUT2D eigenvalue weighted by atomic mass is 10.1. The molecule has 0 aromatic heterocycles. The van der Waals surface area contributed by atoms with Gasteiger partial charge < -0.3 is 10.1 Å². The molecule has 0 aliphatic rings. The van der Waals surface area contributed by atoms with E-state index in [1.54, 1.807) is 26.0 Å². The number of benzene rings is 2. The van der Waals surface area contributed by atoms with Crippen molar-refractivity contribution in [2.24, 2.45) is 0 Å². The number of carbonyl (C=O) groups is 2. The zero-order valence-electron chi connectivity index (χ0n) is 17.5. The molecule has 0 fully saturated rings. The highest BCUT2D eigenvalue weighted by atomic mass is 35.5. The molecule has 30 heavy (non-hydrogen) atoms. The number of anilines is 2. The van der Waals surface area contributed by atoms with Crippen LogP contribution in [0, 0.1) is 13.8 Å². The monoisotopic (exact) mass is 452 g/mol. The van der Waals surface area contributed by atoms with Gasteiger partial charge in [0.15, 0.2) is 0 Å². The first-order valence-corrected chi connectivity index (χ1v) is 11.5. The number of sulfonamides is 1. The van der Waals surface area contributed by atoms with Crippen molar-refractivity contribution in [1.82, 2.24) is 0 Å². The third kappa shape index (κ3) is 5.52. The summed E-state index contributed by atoms with van der Waals surface area (Å²) in [4.78, 5) is 24.9. The molecule has 0 aliphatic carbocycles. The van der Waals surface area contributed by atoms with Crippen molar-refractivity contribution in [3.63, 3.8) is 0 Å². The van der Waals surface area contributed by atoms with Crippen molar-refractivity contribution < 1.29 is 22.7 Å². The van der Waals surface area contributed by atoms with E-state index < -0.39 is 27.9 Å². The Morgan fingerprint density at radius 2 is 1.83 bits per heavy atom. The van der Waals surface area contributed by atoms with E-state index in [1.807, 2.05) is 13.0 Å². The fraction of sp³-hybridized carbons (Fsp3) is 0.333. The number of hydrogen-bond donors (Lipinski definition) is 1. The molecule has 0 spiro atoms. The highest BCUT2D eigenvalue weighted by molar-refractivity contribution is 7.92. The van der Waals surface area contributed by atoms with E-state index in [-0.39, 0.29) is 17.2 Å². The van der Waals surface area contributed by atoms with Crippen LogP contribution in [-0.2, 0) is 19.6 Å². The number of carbonyl (C=O) groups excluding carboxylic acids is 2. The first-order valence-electron chi connectivity index (χ1n) is 9.30. The van der Waals surface area contributed by atoms with E-state index in [2.05, 4.69) is 5.32 Å². The molecule has 0 saturated heterocycles. The van der Waals surface area contributed by atoms with E-state index >= 15 is 0 Å². The summed E-state index contributed by atoms with van der Waals surface area (Å²) in [5.41, 5.74) is 2.44. The molecule has 9 heteroatoms. The van der Waals surface area contributed by atoms with Crippen LogP contribution in [0.2, 0.25) is 5.02 Å². The number of amides is 1. The van der Waals surface area contributed by atoms with Gasteiger partial charge in [0, 0.05) is 5.69 Å². The van der Waals surface area contributed by atoms with Crippen molar-refractivity contribution in [2.75, 3.05) is 22.5 Å². The van der Waals surface area contributed by atoms with Crippen molar-refractivity contribution in [1.29, 1.82) is 0 Å². The lowest BCUT2D eigenvalue weighted by Gasteiger charge is -2.29. The van der Waals surface area contributed by atoms with Gasteiger partial charge in [0.05, 0.1) is 29.1 Å². The maximum absolute atomic E-state index is 12.9. The van der Waals surface area contributed by atoms with Gasteiger partial charge in [0.25, 0.3) is 0 Å². The number of ether oxygens (including phenoxy) is 1. The predicted octanol–water partition coefficient (Wildman–Crippen LogP) is 3.93. The summed E-state index contributed by atoms with van der Waals surface area (Å²) >= 11 is 6.05. The van der Waals surface area contributed by atoms with Gasteiger partial charge in [-0.3, -0.25) is 9.10 Å². The van der Waals surface area contributed by atoms with Crippen molar-refractivity contribution in [3.8, 4) is 0 Å². The molecule has 1 N–H and O–H groups in total. The molecule has 1 atom stereocenters. The van der Waals surface area contributed by atoms with Gasteiger partial charge in [0.2, 0.25) is 15.9 Å². The molecule has 2 rings (SSSR count). The molecule has 0 saturated carbocycles. The second kappa shape index (κ2) is 9.49. The van der Waals surface area contributed by atoms with Crippen molar-refractivity contribution >= 4 is 44.9 Å². The minimum atomic E-state index is -3.75. The number of aryl methyl sites for hydroxylation is 2. The van der Waals surface area contributed by atoms with E-state index in [4.69, 9.17) is 16.3 Å². The predicted molar refractivity (Wildman–Crippen MR) is 119 cm³/mol. The normalized spacial score (nSPS) is 12.2. The van der Waals surface area contributed by atoms with Crippen LogP contribution in [0.3, 0.4) is 0 Å². The lowest BCUT2D eigenvalue weighted by molar-refractivity contribution is -0.116. The molecule has 7 nitrogen and oxygen atoms in total. The molecular formula is C21H25ClN2O5S. The first kappa shape index (κ1) is 23.7. The Morgan fingerprint density at radius 3 is 2.43 bits per heavy atom. The maximum atomic E-state index is 12.9. The van der Waals surface area contributed by atoms with Gasteiger partial charge in [-0.05, 0) is 63.1 Å². The van der Waals surface area contributed by atoms with Gasteiger partial charge in [-0.2, -0.15) is 0 Å². The van der Waals surface area contributed by atoms with Crippen LogP contribution in [-0.4, -0.2) is 39.2 Å². The number of halogens is 1. The Morgan fingerprint density at radius 1 is 1.17 bits per heavy atom. The van der Waals surface area contributed by atoms with Crippen LogP contribution in [0.15, 0.2) is 36.4 Å². The van der Waals surface area contributed by atoms with Crippen LogP contribution in [0.4, 0.5) is 11.4 Å². The Hall–Kier alpha value is -2.58. The second-order valence-corrected chi connectivity index (χ2v) is 9.20. The smallest absolute Gasteiger partial charge is 0.339 e. The standard InChI is InChI=1S/C21H25ClN2O5S/c1-6-29-21(26)17-12-16(9-10-18(17)22)23-20(25)15(4)24(30(5,27)28)19-11-13(2)7-8-14(19)3/h7-12,15H,6H2,1-5H3,(H,23,25). The highest BCUT2D eigenvalue weighted by Gasteiger charge is 2.30. The molecule has 0 heterocycles. The van der Waals surface area contributed by atoms with E-state index in [0.29, 0.717) is 11.4 Å².